The third kappa shape index (κ3) is 5.07. The number of thiophene rings is 1. The first-order valence-electron chi connectivity index (χ1n) is 9.83. The van der Waals surface area contributed by atoms with Gasteiger partial charge in [0.15, 0.2) is 0 Å². The van der Waals surface area contributed by atoms with Crippen LogP contribution in [0.1, 0.15) is 15.2 Å². The lowest BCUT2D eigenvalue weighted by Gasteiger charge is -2.29. The molecule has 0 aliphatic carbocycles. The number of rotatable bonds is 6. The third-order valence-electron chi connectivity index (χ3n) is 4.91. The van der Waals surface area contributed by atoms with E-state index in [2.05, 4.69) is 14.9 Å². The molecule has 1 saturated heterocycles. The van der Waals surface area contributed by atoms with Crippen LogP contribution in [-0.4, -0.2) is 40.6 Å². The summed E-state index contributed by atoms with van der Waals surface area (Å²) in [5.41, 5.74) is 3.07. The van der Waals surface area contributed by atoms with Crippen molar-refractivity contribution in [1.29, 1.82) is 0 Å². The summed E-state index contributed by atoms with van der Waals surface area (Å²) < 4.78 is 33.7. The number of anilines is 3. The lowest BCUT2D eigenvalue weighted by molar-refractivity contribution is 0.102. The fourth-order valence-electron chi connectivity index (χ4n) is 3.30. The van der Waals surface area contributed by atoms with E-state index in [1.54, 1.807) is 23.6 Å². The molecule has 31 heavy (non-hydrogen) atoms. The number of nitrogens with zero attached hydrogens (tertiary/aromatic N) is 1. The van der Waals surface area contributed by atoms with Crippen LogP contribution in [-0.2, 0) is 14.8 Å². The van der Waals surface area contributed by atoms with E-state index in [0.29, 0.717) is 24.6 Å². The summed E-state index contributed by atoms with van der Waals surface area (Å²) in [5.74, 6) is -0.460. The fraction of sp³-hybridized carbons (Fsp3) is 0.227. The lowest BCUT2D eigenvalue weighted by atomic mass is 10.2. The number of aryl methyl sites for hydroxylation is 1. The Kier molecular flexibility index (Phi) is 6.26. The standard InChI is InChI=1S/C22H23N3O4S2/c1-16-5-7-17(8-6-16)24-31(27,28)20-9-14-30-21(20)22(26)23-18-3-2-4-19(15-18)25-10-12-29-13-11-25/h2-9,14-15,24H,10-13H2,1H3,(H,23,26). The van der Waals surface area contributed by atoms with Gasteiger partial charge < -0.3 is 15.0 Å². The zero-order valence-electron chi connectivity index (χ0n) is 17.0. The van der Waals surface area contributed by atoms with E-state index >= 15 is 0 Å². The van der Waals surface area contributed by atoms with Gasteiger partial charge in [-0.1, -0.05) is 23.8 Å². The molecule has 1 aromatic heterocycles. The molecule has 2 aromatic carbocycles. The normalized spacial score (nSPS) is 14.3. The molecule has 1 fully saturated rings. The van der Waals surface area contributed by atoms with E-state index in [4.69, 9.17) is 4.74 Å². The van der Waals surface area contributed by atoms with Crippen LogP contribution < -0.4 is 14.9 Å². The van der Waals surface area contributed by atoms with Gasteiger partial charge in [0.2, 0.25) is 0 Å². The zero-order valence-corrected chi connectivity index (χ0v) is 18.6. The molecule has 0 atom stereocenters. The minimum atomic E-state index is -3.90. The van der Waals surface area contributed by atoms with Crippen molar-refractivity contribution in [2.75, 3.05) is 41.2 Å². The highest BCUT2D eigenvalue weighted by Gasteiger charge is 2.24. The van der Waals surface area contributed by atoms with Gasteiger partial charge >= 0.3 is 0 Å². The summed E-state index contributed by atoms with van der Waals surface area (Å²) in [6, 6.07) is 16.0. The predicted octanol–water partition coefficient (Wildman–Crippen LogP) is 3.95. The van der Waals surface area contributed by atoms with Crippen molar-refractivity contribution in [2.24, 2.45) is 0 Å². The van der Waals surface area contributed by atoms with Gasteiger partial charge in [0.05, 0.1) is 13.2 Å². The van der Waals surface area contributed by atoms with Crippen molar-refractivity contribution >= 4 is 44.3 Å². The Morgan fingerprint density at radius 1 is 1.03 bits per heavy atom. The van der Waals surface area contributed by atoms with Crippen LogP contribution in [0.3, 0.4) is 0 Å². The molecule has 3 aromatic rings. The quantitative estimate of drug-likeness (QED) is 0.585. The van der Waals surface area contributed by atoms with Crippen LogP contribution >= 0.6 is 11.3 Å². The maximum Gasteiger partial charge on any atom is 0.267 e. The molecule has 0 bridgehead atoms. The molecule has 0 saturated carbocycles. The number of hydrogen-bond donors (Lipinski definition) is 2. The number of carbonyl (C=O) groups is 1. The monoisotopic (exact) mass is 457 g/mol. The van der Waals surface area contributed by atoms with Gasteiger partial charge in [-0.3, -0.25) is 9.52 Å². The lowest BCUT2D eigenvalue weighted by Crippen LogP contribution is -2.36. The molecule has 4 rings (SSSR count). The molecule has 0 unspecified atom stereocenters. The molecule has 1 aliphatic rings. The first kappa shape index (κ1) is 21.4. The second-order valence-electron chi connectivity index (χ2n) is 7.19. The second kappa shape index (κ2) is 9.09. The zero-order chi connectivity index (χ0) is 21.8. The van der Waals surface area contributed by atoms with Crippen LogP contribution in [0.5, 0.6) is 0 Å². The number of carbonyl (C=O) groups excluding carboxylic acids is 1. The van der Waals surface area contributed by atoms with E-state index < -0.39 is 15.9 Å². The van der Waals surface area contributed by atoms with Gasteiger partial charge in [0.1, 0.15) is 9.77 Å². The van der Waals surface area contributed by atoms with Gasteiger partial charge in [-0.05, 0) is 48.7 Å². The number of morpholine rings is 1. The molecule has 0 radical (unpaired) electrons. The van der Waals surface area contributed by atoms with E-state index in [9.17, 15) is 13.2 Å². The number of amides is 1. The molecule has 0 spiro atoms. The minimum Gasteiger partial charge on any atom is -0.378 e. The summed E-state index contributed by atoms with van der Waals surface area (Å²) in [5, 5.41) is 4.43. The molecule has 162 valence electrons. The minimum absolute atomic E-state index is 0.0418. The number of hydrogen-bond acceptors (Lipinski definition) is 6. The van der Waals surface area contributed by atoms with E-state index in [1.807, 2.05) is 37.3 Å². The average Bonchev–Trinajstić information content (AvgIpc) is 3.27. The highest BCUT2D eigenvalue weighted by Crippen LogP contribution is 2.27. The van der Waals surface area contributed by atoms with Crippen molar-refractivity contribution < 1.29 is 17.9 Å². The van der Waals surface area contributed by atoms with Crippen LogP contribution in [0, 0.1) is 6.92 Å². The van der Waals surface area contributed by atoms with Crippen molar-refractivity contribution in [1.82, 2.24) is 0 Å². The molecular weight excluding hydrogens is 434 g/mol. The summed E-state index contributed by atoms with van der Waals surface area (Å²) in [4.78, 5) is 15.2. The van der Waals surface area contributed by atoms with Gasteiger partial charge in [-0.25, -0.2) is 8.42 Å². The summed E-state index contributed by atoms with van der Waals surface area (Å²) in [6.07, 6.45) is 0. The van der Waals surface area contributed by atoms with Gasteiger partial charge in [-0.2, -0.15) is 0 Å². The highest BCUT2D eigenvalue weighted by atomic mass is 32.2. The van der Waals surface area contributed by atoms with Crippen LogP contribution in [0.15, 0.2) is 64.9 Å². The Morgan fingerprint density at radius 2 is 1.77 bits per heavy atom. The molecule has 2 heterocycles. The molecule has 1 aliphatic heterocycles. The Balaban J connectivity index is 1.52. The first-order valence-corrected chi connectivity index (χ1v) is 12.2. The topological polar surface area (TPSA) is 87.7 Å². The molecular formula is C22H23N3O4S2. The Labute approximate surface area is 185 Å². The maximum atomic E-state index is 12.9. The fourth-order valence-corrected chi connectivity index (χ4v) is 5.68. The van der Waals surface area contributed by atoms with Crippen LogP contribution in [0.25, 0.3) is 0 Å². The summed E-state index contributed by atoms with van der Waals surface area (Å²) in [6.45, 7) is 4.83. The molecule has 1 amide bonds. The van der Waals surface area contributed by atoms with E-state index in [-0.39, 0.29) is 9.77 Å². The van der Waals surface area contributed by atoms with E-state index in [1.165, 1.54) is 6.07 Å². The predicted molar refractivity (Wildman–Crippen MR) is 124 cm³/mol. The highest BCUT2D eigenvalue weighted by molar-refractivity contribution is 7.93. The Morgan fingerprint density at radius 3 is 2.52 bits per heavy atom. The molecule has 2 N–H and O–H groups in total. The van der Waals surface area contributed by atoms with Crippen molar-refractivity contribution in [3.63, 3.8) is 0 Å². The average molecular weight is 458 g/mol. The number of benzene rings is 2. The first-order chi connectivity index (χ1) is 14.9. The van der Waals surface area contributed by atoms with Crippen LogP contribution in [0.4, 0.5) is 17.1 Å². The third-order valence-corrected chi connectivity index (χ3v) is 7.37. The Hall–Kier alpha value is -2.88. The van der Waals surface area contributed by atoms with E-state index in [0.717, 1.165) is 35.7 Å². The molecule has 7 nitrogen and oxygen atoms in total. The van der Waals surface area contributed by atoms with Gasteiger partial charge in [0.25, 0.3) is 15.9 Å². The number of ether oxygens (including phenoxy) is 1. The van der Waals surface area contributed by atoms with Crippen LogP contribution in [0.2, 0.25) is 0 Å². The number of sulfonamides is 1. The number of nitrogens with one attached hydrogen (secondary N) is 2. The molecule has 9 heteroatoms. The maximum absolute atomic E-state index is 12.9. The summed E-state index contributed by atoms with van der Waals surface area (Å²) >= 11 is 1.09. The van der Waals surface area contributed by atoms with Crippen molar-refractivity contribution in [3.05, 3.63) is 70.4 Å². The SMILES string of the molecule is Cc1ccc(NS(=O)(=O)c2ccsc2C(=O)Nc2cccc(N3CCOCC3)c2)cc1. The van der Waals surface area contributed by atoms with Crippen molar-refractivity contribution in [2.45, 2.75) is 11.8 Å². The smallest absolute Gasteiger partial charge is 0.267 e. The van der Waals surface area contributed by atoms with Gasteiger partial charge in [0, 0.05) is 30.2 Å². The largest absolute Gasteiger partial charge is 0.378 e. The summed E-state index contributed by atoms with van der Waals surface area (Å²) in [7, 11) is -3.90. The Bertz CT molecular complexity index is 1170. The second-order valence-corrected chi connectivity index (χ2v) is 9.76. The van der Waals surface area contributed by atoms with Gasteiger partial charge in [-0.15, -0.1) is 11.3 Å². The van der Waals surface area contributed by atoms with Crippen molar-refractivity contribution in [3.8, 4) is 0 Å².